The fraction of sp³-hybridized carbons (Fsp3) is 0.385. The average Bonchev–Trinajstić information content (AvgIpc) is 3.40. The van der Waals surface area contributed by atoms with Crippen LogP contribution in [0, 0.1) is 6.92 Å². The van der Waals surface area contributed by atoms with E-state index in [1.807, 2.05) is 6.92 Å². The second-order valence-electron chi connectivity index (χ2n) is 8.60. The number of alkyl halides is 3. The molecule has 0 spiro atoms. The van der Waals surface area contributed by atoms with Crippen molar-refractivity contribution in [2.45, 2.75) is 52.9 Å². The molecule has 2 heterocycles. The number of hydrogen-bond acceptors (Lipinski definition) is 7. The van der Waals surface area contributed by atoms with E-state index in [0.717, 1.165) is 31.5 Å². The van der Waals surface area contributed by atoms with Crippen molar-refractivity contribution >= 4 is 11.3 Å². The van der Waals surface area contributed by atoms with Crippen LogP contribution in [-0.4, -0.2) is 44.4 Å². The van der Waals surface area contributed by atoms with E-state index in [-0.39, 0.29) is 29.7 Å². The van der Waals surface area contributed by atoms with Crippen molar-refractivity contribution in [1.82, 2.24) is 24.9 Å². The summed E-state index contributed by atoms with van der Waals surface area (Å²) in [6, 6.07) is 8.40. The Hall–Kier alpha value is -3.89. The third kappa shape index (κ3) is 6.87. The molecule has 0 radical (unpaired) electrons. The lowest BCUT2D eigenvalue weighted by Crippen LogP contribution is -2.24. The lowest BCUT2D eigenvalue weighted by molar-refractivity contribution is -0.303. The smallest absolute Gasteiger partial charge is 0.406 e. The van der Waals surface area contributed by atoms with Crippen LogP contribution in [0.1, 0.15) is 50.3 Å². The van der Waals surface area contributed by atoms with Crippen molar-refractivity contribution in [2.24, 2.45) is 0 Å². The molecule has 0 saturated heterocycles. The second kappa shape index (κ2) is 11.4. The number of rotatable bonds is 10. The van der Waals surface area contributed by atoms with Crippen LogP contribution in [-0.2, 0) is 11.3 Å². The molecular formula is C26H29F3N6O2. The molecule has 0 bridgehead atoms. The molecule has 1 aliphatic carbocycles. The van der Waals surface area contributed by atoms with Gasteiger partial charge in [-0.1, -0.05) is 37.2 Å². The molecule has 0 fully saturated rings. The molecule has 11 heteroatoms. The lowest BCUT2D eigenvalue weighted by Gasteiger charge is -2.24. The Bertz CT molecular complexity index is 1300. The topological polar surface area (TPSA) is 82.1 Å². The lowest BCUT2D eigenvalue weighted by atomic mass is 10.1. The number of allylic oxidation sites excluding steroid dienone is 5. The van der Waals surface area contributed by atoms with Crippen LogP contribution in [0.5, 0.6) is 0 Å². The first-order chi connectivity index (χ1) is 17.8. The molecule has 37 heavy (non-hydrogen) atoms. The fourth-order valence-electron chi connectivity index (χ4n) is 4.01. The quantitative estimate of drug-likeness (QED) is 0.325. The Morgan fingerprint density at radius 1 is 1.05 bits per heavy atom. The summed E-state index contributed by atoms with van der Waals surface area (Å²) >= 11 is 0. The molecule has 4 rings (SSSR count). The summed E-state index contributed by atoms with van der Waals surface area (Å²) in [6.45, 7) is 8.73. The van der Waals surface area contributed by atoms with Gasteiger partial charge in [0.15, 0.2) is 0 Å². The molecular weight excluding hydrogens is 485 g/mol. The van der Waals surface area contributed by atoms with E-state index in [9.17, 15) is 13.2 Å². The maximum atomic E-state index is 12.5. The maximum Gasteiger partial charge on any atom is 0.573 e. The predicted molar refractivity (Wildman–Crippen MR) is 133 cm³/mol. The predicted octanol–water partition coefficient (Wildman–Crippen LogP) is 6.07. The van der Waals surface area contributed by atoms with Crippen LogP contribution in [0.15, 0.2) is 58.9 Å². The van der Waals surface area contributed by atoms with Gasteiger partial charge in [0.1, 0.15) is 11.6 Å². The van der Waals surface area contributed by atoms with Crippen LogP contribution >= 0.6 is 0 Å². The van der Waals surface area contributed by atoms with Gasteiger partial charge in [-0.2, -0.15) is 4.98 Å². The number of aromatic nitrogens is 5. The highest BCUT2D eigenvalue weighted by atomic mass is 19.4. The molecule has 1 aromatic carbocycles. The van der Waals surface area contributed by atoms with E-state index in [4.69, 9.17) is 4.52 Å². The van der Waals surface area contributed by atoms with Gasteiger partial charge in [-0.15, -0.1) is 18.3 Å². The average molecular weight is 515 g/mol. The van der Waals surface area contributed by atoms with Gasteiger partial charge in [-0.05, 0) is 62.1 Å². The zero-order valence-corrected chi connectivity index (χ0v) is 21.0. The Morgan fingerprint density at radius 3 is 2.57 bits per heavy atom. The number of aryl methyl sites for hydroxylation is 1. The highest BCUT2D eigenvalue weighted by molar-refractivity contribution is 5.71. The van der Waals surface area contributed by atoms with Gasteiger partial charge >= 0.3 is 6.36 Å². The summed E-state index contributed by atoms with van der Waals surface area (Å²) in [5.41, 5.74) is 2.78. The summed E-state index contributed by atoms with van der Waals surface area (Å²) in [7, 11) is 0. The van der Waals surface area contributed by atoms with Crippen LogP contribution in [0.2, 0.25) is 0 Å². The van der Waals surface area contributed by atoms with E-state index in [2.05, 4.69) is 68.0 Å². The van der Waals surface area contributed by atoms with Crippen LogP contribution in [0.25, 0.3) is 17.3 Å². The van der Waals surface area contributed by atoms with Gasteiger partial charge in [0.2, 0.25) is 11.6 Å². The minimum absolute atomic E-state index is 0.126. The SMILES string of the molecule is CCCN(CCC)c1cccc(Cn2nc(-c3nc(C4=CCC=C(OC(F)(F)F)C=C4)no3)nc2C)c1. The number of nitrogens with zero attached hydrogens (tertiary/aromatic N) is 6. The first-order valence-electron chi connectivity index (χ1n) is 12.2. The summed E-state index contributed by atoms with van der Waals surface area (Å²) < 4.78 is 48.6. The third-order valence-electron chi connectivity index (χ3n) is 5.64. The van der Waals surface area contributed by atoms with Crippen LogP contribution in [0.4, 0.5) is 18.9 Å². The molecule has 196 valence electrons. The van der Waals surface area contributed by atoms with Crippen molar-refractivity contribution in [3.05, 3.63) is 71.5 Å². The van der Waals surface area contributed by atoms with Gasteiger partial charge in [0.05, 0.1) is 6.54 Å². The molecule has 1 aliphatic rings. The largest absolute Gasteiger partial charge is 0.573 e. The summed E-state index contributed by atoms with van der Waals surface area (Å²) in [5, 5.41) is 8.51. The van der Waals surface area contributed by atoms with Gasteiger partial charge in [0, 0.05) is 24.4 Å². The zero-order chi connectivity index (χ0) is 26.4. The monoisotopic (exact) mass is 514 g/mol. The standard InChI is InChI=1S/C26H29F3N6O2/c1-4-14-34(15-5-2)21-10-6-8-19(16-21)17-35-18(3)30-24(32-35)25-31-23(33-37-25)20-9-7-11-22(13-12-20)36-26(27,28)29/h6,8-13,16H,4-5,7,14-15,17H2,1-3H3. The molecule has 0 atom stereocenters. The van der Waals surface area contributed by atoms with E-state index in [1.54, 1.807) is 10.8 Å². The van der Waals surface area contributed by atoms with Crippen molar-refractivity contribution in [1.29, 1.82) is 0 Å². The van der Waals surface area contributed by atoms with Crippen LogP contribution in [0.3, 0.4) is 0 Å². The number of hydrogen-bond donors (Lipinski definition) is 0. The zero-order valence-electron chi connectivity index (χ0n) is 21.0. The highest BCUT2D eigenvalue weighted by Gasteiger charge is 2.31. The van der Waals surface area contributed by atoms with Gasteiger partial charge in [-0.3, -0.25) is 0 Å². The molecule has 0 amide bonds. The van der Waals surface area contributed by atoms with E-state index >= 15 is 0 Å². The van der Waals surface area contributed by atoms with Crippen molar-refractivity contribution in [2.75, 3.05) is 18.0 Å². The maximum absolute atomic E-state index is 12.5. The van der Waals surface area contributed by atoms with Crippen molar-refractivity contribution < 1.29 is 22.4 Å². The number of halogens is 3. The normalized spacial score (nSPS) is 13.8. The Morgan fingerprint density at radius 2 is 1.84 bits per heavy atom. The van der Waals surface area contributed by atoms with Crippen molar-refractivity contribution in [3.63, 3.8) is 0 Å². The van der Waals surface area contributed by atoms with Gasteiger partial charge in [-0.25, -0.2) is 9.67 Å². The molecule has 0 aliphatic heterocycles. The Kier molecular flexibility index (Phi) is 8.10. The first kappa shape index (κ1) is 26.2. The molecule has 0 N–H and O–H groups in total. The van der Waals surface area contributed by atoms with E-state index in [1.165, 1.54) is 23.9 Å². The minimum Gasteiger partial charge on any atom is -0.406 e. The molecule has 8 nitrogen and oxygen atoms in total. The first-order valence-corrected chi connectivity index (χ1v) is 12.2. The molecule has 3 aromatic rings. The van der Waals surface area contributed by atoms with E-state index < -0.39 is 6.36 Å². The number of benzene rings is 1. The van der Waals surface area contributed by atoms with Crippen molar-refractivity contribution in [3.8, 4) is 11.7 Å². The number of anilines is 1. The summed E-state index contributed by atoms with van der Waals surface area (Å²) in [4.78, 5) is 11.2. The Balaban J connectivity index is 1.48. The van der Waals surface area contributed by atoms with Crippen LogP contribution < -0.4 is 4.90 Å². The Labute approximate surface area is 213 Å². The van der Waals surface area contributed by atoms with E-state index in [0.29, 0.717) is 17.9 Å². The van der Waals surface area contributed by atoms with Gasteiger partial charge in [0.25, 0.3) is 5.89 Å². The highest BCUT2D eigenvalue weighted by Crippen LogP contribution is 2.26. The molecule has 2 aromatic heterocycles. The van der Waals surface area contributed by atoms with Gasteiger partial charge < -0.3 is 14.2 Å². The fourth-order valence-corrected chi connectivity index (χ4v) is 4.01. The summed E-state index contributed by atoms with van der Waals surface area (Å²) in [6.07, 6.45) is 3.29. The molecule has 0 unspecified atom stereocenters. The molecule has 0 saturated carbocycles. The third-order valence-corrected chi connectivity index (χ3v) is 5.64. The minimum atomic E-state index is -4.76. The summed E-state index contributed by atoms with van der Waals surface area (Å²) in [5.74, 6) is 1.02. The number of ether oxygens (including phenoxy) is 1. The second-order valence-corrected chi connectivity index (χ2v) is 8.60.